The Morgan fingerprint density at radius 3 is 3.20 bits per heavy atom. The largest absolute Gasteiger partial charge is 0.377 e. The summed E-state index contributed by atoms with van der Waals surface area (Å²) in [6.07, 6.45) is 4.54. The summed E-state index contributed by atoms with van der Waals surface area (Å²) in [7, 11) is 0. The summed E-state index contributed by atoms with van der Waals surface area (Å²) in [5.74, 6) is 0.649. The highest BCUT2D eigenvalue weighted by Gasteiger charge is 2.15. The van der Waals surface area contributed by atoms with E-state index in [0.717, 1.165) is 44.8 Å². The average molecular weight is 282 g/mol. The molecule has 1 fully saturated rings. The van der Waals surface area contributed by atoms with Crippen LogP contribution in [0.1, 0.15) is 32.4 Å². The molecule has 2 rings (SSSR count). The second kappa shape index (κ2) is 8.34. The van der Waals surface area contributed by atoms with Crippen molar-refractivity contribution < 1.29 is 9.47 Å². The van der Waals surface area contributed by atoms with Gasteiger partial charge in [0.2, 0.25) is 0 Å². The fourth-order valence-electron chi connectivity index (χ4n) is 2.17. The van der Waals surface area contributed by atoms with Crippen molar-refractivity contribution in [2.75, 3.05) is 26.4 Å². The topological polar surface area (TPSA) is 61.2 Å². The van der Waals surface area contributed by atoms with Crippen LogP contribution in [0.25, 0.3) is 0 Å². The van der Waals surface area contributed by atoms with E-state index < -0.39 is 0 Å². The van der Waals surface area contributed by atoms with E-state index in [1.54, 1.807) is 0 Å². The van der Waals surface area contributed by atoms with Gasteiger partial charge in [-0.25, -0.2) is 4.68 Å². The van der Waals surface area contributed by atoms with Crippen molar-refractivity contribution in [1.82, 2.24) is 20.3 Å². The fourth-order valence-corrected chi connectivity index (χ4v) is 2.17. The van der Waals surface area contributed by atoms with Crippen LogP contribution in [0.3, 0.4) is 0 Å². The van der Waals surface area contributed by atoms with Crippen molar-refractivity contribution in [1.29, 1.82) is 0 Å². The lowest BCUT2D eigenvalue weighted by Gasteiger charge is -2.09. The van der Waals surface area contributed by atoms with Crippen LogP contribution in [0.2, 0.25) is 0 Å². The number of hydrogen-bond acceptors (Lipinski definition) is 5. The normalized spacial score (nSPS) is 19.1. The van der Waals surface area contributed by atoms with E-state index in [1.165, 1.54) is 0 Å². The van der Waals surface area contributed by atoms with Crippen molar-refractivity contribution in [3.8, 4) is 0 Å². The molecule has 6 heteroatoms. The predicted octanol–water partition coefficient (Wildman–Crippen LogP) is 1.22. The molecule has 0 saturated carbocycles. The second-order valence-corrected chi connectivity index (χ2v) is 5.71. The molecule has 114 valence electrons. The maximum Gasteiger partial charge on any atom is 0.0964 e. The van der Waals surface area contributed by atoms with Gasteiger partial charge in [-0.05, 0) is 25.3 Å². The van der Waals surface area contributed by atoms with E-state index in [9.17, 15) is 0 Å². The van der Waals surface area contributed by atoms with Crippen LogP contribution in [0.15, 0.2) is 6.20 Å². The molecule has 0 amide bonds. The maximum atomic E-state index is 5.61. The molecule has 0 aromatic carbocycles. The molecule has 1 aromatic heterocycles. The third-order valence-corrected chi connectivity index (χ3v) is 3.24. The fraction of sp³-hybridized carbons (Fsp3) is 0.857. The lowest BCUT2D eigenvalue weighted by molar-refractivity contribution is 0.0141. The van der Waals surface area contributed by atoms with Crippen LogP contribution in [0, 0.1) is 5.92 Å². The lowest BCUT2D eigenvalue weighted by atomic mass is 10.2. The van der Waals surface area contributed by atoms with E-state index in [-0.39, 0.29) is 0 Å². The highest BCUT2D eigenvalue weighted by atomic mass is 16.5. The van der Waals surface area contributed by atoms with Gasteiger partial charge in [0.25, 0.3) is 0 Å². The van der Waals surface area contributed by atoms with Crippen LogP contribution in [0.5, 0.6) is 0 Å². The zero-order valence-corrected chi connectivity index (χ0v) is 12.5. The van der Waals surface area contributed by atoms with Gasteiger partial charge in [0.05, 0.1) is 31.6 Å². The van der Waals surface area contributed by atoms with Gasteiger partial charge < -0.3 is 14.8 Å². The van der Waals surface area contributed by atoms with Crippen molar-refractivity contribution in [3.05, 3.63) is 11.9 Å². The molecule has 1 aliphatic heterocycles. The monoisotopic (exact) mass is 282 g/mol. The van der Waals surface area contributed by atoms with Crippen molar-refractivity contribution >= 4 is 0 Å². The van der Waals surface area contributed by atoms with E-state index >= 15 is 0 Å². The summed E-state index contributed by atoms with van der Waals surface area (Å²) in [4.78, 5) is 0. The minimum Gasteiger partial charge on any atom is -0.377 e. The average Bonchev–Trinajstić information content (AvgIpc) is 3.05. The first kappa shape index (κ1) is 15.4. The molecule has 0 aliphatic carbocycles. The van der Waals surface area contributed by atoms with Crippen LogP contribution >= 0.6 is 0 Å². The second-order valence-electron chi connectivity index (χ2n) is 5.71. The summed E-state index contributed by atoms with van der Waals surface area (Å²) in [5.41, 5.74) is 0.977. The highest BCUT2D eigenvalue weighted by Crippen LogP contribution is 2.11. The van der Waals surface area contributed by atoms with Gasteiger partial charge in [-0.2, -0.15) is 0 Å². The third kappa shape index (κ3) is 5.56. The number of nitrogens with zero attached hydrogens (tertiary/aromatic N) is 3. The summed E-state index contributed by atoms with van der Waals surface area (Å²) in [6.45, 7) is 9.12. The highest BCUT2D eigenvalue weighted by molar-refractivity contribution is 4.91. The molecule has 0 radical (unpaired) electrons. The molecule has 6 nitrogen and oxygen atoms in total. The molecule has 1 saturated heterocycles. The molecule has 0 bridgehead atoms. The van der Waals surface area contributed by atoms with Gasteiger partial charge in [-0.1, -0.05) is 19.1 Å². The minimum atomic E-state index is 0.293. The smallest absolute Gasteiger partial charge is 0.0964 e. The van der Waals surface area contributed by atoms with Crippen LogP contribution in [-0.2, 0) is 22.6 Å². The molecule has 2 heterocycles. The molecule has 0 spiro atoms. The van der Waals surface area contributed by atoms with Gasteiger partial charge in [0, 0.05) is 19.3 Å². The van der Waals surface area contributed by atoms with Gasteiger partial charge in [0.15, 0.2) is 0 Å². The molecule has 20 heavy (non-hydrogen) atoms. The lowest BCUT2D eigenvalue weighted by Crippen LogP contribution is -2.19. The Kier molecular flexibility index (Phi) is 6.42. The van der Waals surface area contributed by atoms with Gasteiger partial charge in [-0.3, -0.25) is 0 Å². The van der Waals surface area contributed by atoms with Gasteiger partial charge >= 0.3 is 0 Å². The first-order valence-electron chi connectivity index (χ1n) is 7.53. The van der Waals surface area contributed by atoms with Crippen LogP contribution in [-0.4, -0.2) is 47.5 Å². The maximum absolute atomic E-state index is 5.61. The number of rotatable bonds is 9. The zero-order valence-electron chi connectivity index (χ0n) is 12.5. The number of aromatic nitrogens is 3. The van der Waals surface area contributed by atoms with Gasteiger partial charge in [-0.15, -0.1) is 5.10 Å². The van der Waals surface area contributed by atoms with Crippen molar-refractivity contribution in [2.24, 2.45) is 5.92 Å². The van der Waals surface area contributed by atoms with Crippen LogP contribution < -0.4 is 5.32 Å². The van der Waals surface area contributed by atoms with Gasteiger partial charge in [0.1, 0.15) is 0 Å². The summed E-state index contributed by atoms with van der Waals surface area (Å²) >= 11 is 0. The van der Waals surface area contributed by atoms with Crippen LogP contribution in [0.4, 0.5) is 0 Å². The Balaban J connectivity index is 1.57. The molecule has 1 atom stereocenters. The summed E-state index contributed by atoms with van der Waals surface area (Å²) in [6, 6.07) is 0. The first-order valence-corrected chi connectivity index (χ1v) is 7.53. The molecule has 1 aliphatic rings. The van der Waals surface area contributed by atoms with E-state index in [0.29, 0.717) is 25.2 Å². The van der Waals surface area contributed by atoms with E-state index in [1.807, 2.05) is 10.9 Å². The third-order valence-electron chi connectivity index (χ3n) is 3.24. The van der Waals surface area contributed by atoms with Crippen molar-refractivity contribution in [3.63, 3.8) is 0 Å². The summed E-state index contributed by atoms with van der Waals surface area (Å²) in [5, 5.41) is 11.6. The first-order chi connectivity index (χ1) is 9.74. The Morgan fingerprint density at radius 1 is 1.55 bits per heavy atom. The Morgan fingerprint density at radius 2 is 2.45 bits per heavy atom. The number of ether oxygens (including phenoxy) is 2. The Bertz CT molecular complexity index is 375. The Hall–Kier alpha value is -0.980. The Labute approximate surface area is 120 Å². The quantitative estimate of drug-likeness (QED) is 0.690. The predicted molar refractivity (Wildman–Crippen MR) is 76.4 cm³/mol. The SMILES string of the molecule is CC(C)CNCc1cn(CCOCC2CCCO2)nn1. The number of nitrogens with one attached hydrogen (secondary N) is 1. The van der Waals surface area contributed by atoms with E-state index in [2.05, 4.69) is 29.5 Å². The van der Waals surface area contributed by atoms with Crippen molar-refractivity contribution in [2.45, 2.75) is 45.9 Å². The zero-order chi connectivity index (χ0) is 14.2. The number of hydrogen-bond donors (Lipinski definition) is 1. The molecule has 1 unspecified atom stereocenters. The summed E-state index contributed by atoms with van der Waals surface area (Å²) < 4.78 is 13.0. The molecule has 1 aromatic rings. The molecular weight excluding hydrogens is 256 g/mol. The molecule has 1 N–H and O–H groups in total. The molecular formula is C14H26N4O2. The van der Waals surface area contributed by atoms with E-state index in [4.69, 9.17) is 9.47 Å². The standard InChI is InChI=1S/C14H26N4O2/c1-12(2)8-15-9-13-10-18(17-16-13)5-7-19-11-14-4-3-6-20-14/h10,12,14-15H,3-9,11H2,1-2H3. The minimum absolute atomic E-state index is 0.293.